The first-order valence-corrected chi connectivity index (χ1v) is 9.31. The Balaban J connectivity index is 2.37. The molecule has 8 nitrogen and oxygen atoms in total. The minimum absolute atomic E-state index is 0.0552. The Morgan fingerprint density at radius 2 is 1.89 bits per heavy atom. The van der Waals surface area contributed by atoms with Gasteiger partial charge < -0.3 is 15.4 Å². The Hall–Kier alpha value is -2.74. The SMILES string of the molecule is CCCCn1c(N)c(N(C)C(=O)C(C)(C)Oc2ccc(Cl)cc2)c(=O)[nH]c1=O. The summed E-state index contributed by atoms with van der Waals surface area (Å²) in [5.41, 5.74) is 3.35. The fraction of sp³-hybridized carbons (Fsp3) is 0.421. The molecule has 0 bridgehead atoms. The van der Waals surface area contributed by atoms with E-state index in [1.54, 1.807) is 38.1 Å². The highest BCUT2D eigenvalue weighted by molar-refractivity contribution is 6.30. The van der Waals surface area contributed by atoms with Gasteiger partial charge in [0.15, 0.2) is 11.3 Å². The molecule has 28 heavy (non-hydrogen) atoms. The van der Waals surface area contributed by atoms with Crippen LogP contribution in [0.3, 0.4) is 0 Å². The molecular formula is C19H25ClN4O4. The van der Waals surface area contributed by atoms with Gasteiger partial charge in [0, 0.05) is 18.6 Å². The van der Waals surface area contributed by atoms with Crippen molar-refractivity contribution in [2.24, 2.45) is 0 Å². The number of nitrogen functional groups attached to an aromatic ring is 1. The molecule has 0 saturated heterocycles. The lowest BCUT2D eigenvalue weighted by atomic mass is 10.1. The maximum atomic E-state index is 13.0. The van der Waals surface area contributed by atoms with Crippen molar-refractivity contribution >= 4 is 29.0 Å². The number of rotatable bonds is 7. The monoisotopic (exact) mass is 408 g/mol. The van der Waals surface area contributed by atoms with Gasteiger partial charge in [-0.05, 0) is 44.5 Å². The van der Waals surface area contributed by atoms with E-state index in [2.05, 4.69) is 4.98 Å². The van der Waals surface area contributed by atoms with Gasteiger partial charge in [-0.3, -0.25) is 19.1 Å². The summed E-state index contributed by atoms with van der Waals surface area (Å²) in [5, 5.41) is 0.544. The Morgan fingerprint density at radius 1 is 1.29 bits per heavy atom. The molecule has 1 aromatic heterocycles. The van der Waals surface area contributed by atoms with Crippen molar-refractivity contribution in [3.63, 3.8) is 0 Å². The van der Waals surface area contributed by atoms with E-state index in [4.69, 9.17) is 22.1 Å². The number of halogens is 1. The molecule has 2 rings (SSSR count). The predicted octanol–water partition coefficient (Wildman–Crippen LogP) is 2.39. The Bertz CT molecular complexity index is 963. The second-order valence-corrected chi connectivity index (χ2v) is 7.37. The molecule has 152 valence electrons. The van der Waals surface area contributed by atoms with Gasteiger partial charge in [0.2, 0.25) is 0 Å². The van der Waals surface area contributed by atoms with Crippen molar-refractivity contribution in [2.75, 3.05) is 17.7 Å². The summed E-state index contributed by atoms with van der Waals surface area (Å²) in [5.74, 6) is -0.105. The van der Waals surface area contributed by atoms with E-state index >= 15 is 0 Å². The first-order valence-electron chi connectivity index (χ1n) is 8.93. The van der Waals surface area contributed by atoms with E-state index in [-0.39, 0.29) is 11.5 Å². The molecule has 0 aliphatic carbocycles. The van der Waals surface area contributed by atoms with Crippen LogP contribution < -0.4 is 26.6 Å². The molecule has 1 aromatic carbocycles. The molecule has 1 amide bonds. The number of amides is 1. The van der Waals surface area contributed by atoms with Crippen LogP contribution in [0.15, 0.2) is 33.9 Å². The molecule has 1 heterocycles. The summed E-state index contributed by atoms with van der Waals surface area (Å²) in [6, 6.07) is 6.58. The van der Waals surface area contributed by atoms with Crippen LogP contribution in [0.25, 0.3) is 0 Å². The first kappa shape index (κ1) is 21.6. The molecule has 3 N–H and O–H groups in total. The van der Waals surface area contributed by atoms with Gasteiger partial charge in [0.1, 0.15) is 11.6 Å². The number of benzene rings is 1. The molecule has 2 aromatic rings. The highest BCUT2D eigenvalue weighted by Gasteiger charge is 2.35. The zero-order valence-corrected chi connectivity index (χ0v) is 17.2. The lowest BCUT2D eigenvalue weighted by Crippen LogP contribution is -2.50. The van der Waals surface area contributed by atoms with E-state index in [1.807, 2.05) is 6.92 Å². The standard InChI is InChI=1S/C19H25ClN4O4/c1-5-6-11-24-15(21)14(16(25)22-18(24)27)23(4)17(26)19(2,3)28-13-9-7-12(20)8-10-13/h7-10H,5-6,11,21H2,1-4H3,(H,22,25,27). The summed E-state index contributed by atoms with van der Waals surface area (Å²) < 4.78 is 7.05. The zero-order chi connectivity index (χ0) is 21.1. The van der Waals surface area contributed by atoms with E-state index < -0.39 is 22.8 Å². The number of ether oxygens (including phenoxy) is 1. The van der Waals surface area contributed by atoms with Crippen molar-refractivity contribution in [2.45, 2.75) is 45.8 Å². The first-order chi connectivity index (χ1) is 13.1. The minimum atomic E-state index is -1.30. The third-order valence-electron chi connectivity index (χ3n) is 4.29. The fourth-order valence-corrected chi connectivity index (χ4v) is 2.91. The van der Waals surface area contributed by atoms with Crippen LogP contribution in [0, 0.1) is 0 Å². The maximum absolute atomic E-state index is 13.0. The molecule has 0 saturated carbocycles. The molecule has 9 heteroatoms. The van der Waals surface area contributed by atoms with Crippen LogP contribution in [0.1, 0.15) is 33.6 Å². The van der Waals surface area contributed by atoms with Crippen molar-refractivity contribution in [3.05, 3.63) is 50.1 Å². The largest absolute Gasteiger partial charge is 0.478 e. The number of hydrogen-bond acceptors (Lipinski definition) is 5. The van der Waals surface area contributed by atoms with Crippen LogP contribution in [-0.4, -0.2) is 28.1 Å². The number of likely N-dealkylation sites (N-methyl/N-ethyl adjacent to an activating group) is 1. The number of hydrogen-bond donors (Lipinski definition) is 2. The zero-order valence-electron chi connectivity index (χ0n) is 16.4. The van der Waals surface area contributed by atoms with Crippen molar-refractivity contribution in [3.8, 4) is 5.75 Å². The second-order valence-electron chi connectivity index (χ2n) is 6.93. The van der Waals surface area contributed by atoms with Crippen LogP contribution in [0.2, 0.25) is 5.02 Å². The normalized spacial score (nSPS) is 11.3. The Kier molecular flexibility index (Phi) is 6.56. The Morgan fingerprint density at radius 3 is 2.46 bits per heavy atom. The number of aromatic amines is 1. The topological polar surface area (TPSA) is 110 Å². The lowest BCUT2D eigenvalue weighted by molar-refractivity contribution is -0.131. The number of H-pyrrole nitrogens is 1. The van der Waals surface area contributed by atoms with Crippen molar-refractivity contribution < 1.29 is 9.53 Å². The molecule has 0 radical (unpaired) electrons. The van der Waals surface area contributed by atoms with Gasteiger partial charge in [-0.25, -0.2) is 4.79 Å². The number of aromatic nitrogens is 2. The highest BCUT2D eigenvalue weighted by atomic mass is 35.5. The molecule has 0 spiro atoms. The van der Waals surface area contributed by atoms with Gasteiger partial charge in [-0.15, -0.1) is 0 Å². The number of carbonyl (C=O) groups excluding carboxylic acids is 1. The van der Waals surface area contributed by atoms with Gasteiger partial charge in [0.25, 0.3) is 11.5 Å². The van der Waals surface area contributed by atoms with Crippen molar-refractivity contribution in [1.82, 2.24) is 9.55 Å². The quantitative estimate of drug-likeness (QED) is 0.730. The number of nitrogens with zero attached hydrogens (tertiary/aromatic N) is 2. The smallest absolute Gasteiger partial charge is 0.330 e. The molecule has 0 aliphatic heterocycles. The average molecular weight is 409 g/mol. The maximum Gasteiger partial charge on any atom is 0.330 e. The van der Waals surface area contributed by atoms with E-state index in [1.165, 1.54) is 11.6 Å². The summed E-state index contributed by atoms with van der Waals surface area (Å²) >= 11 is 5.86. The van der Waals surface area contributed by atoms with Crippen molar-refractivity contribution in [1.29, 1.82) is 0 Å². The van der Waals surface area contributed by atoms with E-state index in [9.17, 15) is 14.4 Å². The summed E-state index contributed by atoms with van der Waals surface area (Å²) in [6.07, 6.45) is 1.55. The van der Waals surface area contributed by atoms with Gasteiger partial charge in [-0.1, -0.05) is 24.9 Å². The van der Waals surface area contributed by atoms with E-state index in [0.717, 1.165) is 11.3 Å². The molecule has 0 aliphatic rings. The van der Waals surface area contributed by atoms with Gasteiger partial charge in [0.05, 0.1) is 0 Å². The number of nitrogens with one attached hydrogen (secondary N) is 1. The predicted molar refractivity (Wildman–Crippen MR) is 110 cm³/mol. The third-order valence-corrected chi connectivity index (χ3v) is 4.54. The molecule has 0 unspecified atom stereocenters. The van der Waals surface area contributed by atoms with Crippen LogP contribution >= 0.6 is 11.6 Å². The second kappa shape index (κ2) is 8.52. The molecular weight excluding hydrogens is 384 g/mol. The number of anilines is 2. The third kappa shape index (κ3) is 4.56. The molecule has 0 atom stereocenters. The summed E-state index contributed by atoms with van der Waals surface area (Å²) in [4.78, 5) is 40.8. The van der Waals surface area contributed by atoms with Gasteiger partial charge >= 0.3 is 5.69 Å². The number of carbonyl (C=O) groups is 1. The Labute approximate surface area is 167 Å². The van der Waals surface area contributed by atoms with Crippen LogP contribution in [0.4, 0.5) is 11.5 Å². The highest BCUT2D eigenvalue weighted by Crippen LogP contribution is 2.24. The summed E-state index contributed by atoms with van der Waals surface area (Å²) in [7, 11) is 1.42. The molecule has 0 fully saturated rings. The minimum Gasteiger partial charge on any atom is -0.478 e. The lowest BCUT2D eigenvalue weighted by Gasteiger charge is -2.30. The van der Waals surface area contributed by atoms with Crippen LogP contribution in [0.5, 0.6) is 5.75 Å². The van der Waals surface area contributed by atoms with E-state index in [0.29, 0.717) is 23.7 Å². The summed E-state index contributed by atoms with van der Waals surface area (Å²) in [6.45, 7) is 5.48. The fourth-order valence-electron chi connectivity index (χ4n) is 2.79. The number of unbranched alkanes of at least 4 members (excludes halogenated alkanes) is 1. The van der Waals surface area contributed by atoms with Crippen LogP contribution in [-0.2, 0) is 11.3 Å². The van der Waals surface area contributed by atoms with Gasteiger partial charge in [-0.2, -0.15) is 0 Å². The number of nitrogens with two attached hydrogens (primary N) is 1. The average Bonchev–Trinajstić information content (AvgIpc) is 2.62.